The van der Waals surface area contributed by atoms with E-state index in [-0.39, 0.29) is 5.92 Å². The fourth-order valence-corrected chi connectivity index (χ4v) is 3.92. The Kier molecular flexibility index (Phi) is 6.03. The minimum Gasteiger partial charge on any atom is -0.299 e. The second-order valence-corrected chi connectivity index (χ2v) is 7.27. The van der Waals surface area contributed by atoms with Gasteiger partial charge in [-0.2, -0.15) is 5.10 Å². The van der Waals surface area contributed by atoms with Crippen molar-refractivity contribution < 1.29 is 4.79 Å². The molecule has 3 nitrogen and oxygen atoms in total. The number of unbranched alkanes of at least 4 members (excludes halogenated alkanes) is 1. The Morgan fingerprint density at radius 1 is 1.33 bits per heavy atom. The fraction of sp³-hybridized carbons (Fsp3) is 0.765. The zero-order valence-electron chi connectivity index (χ0n) is 13.5. The lowest BCUT2D eigenvalue weighted by atomic mass is 9.77. The van der Waals surface area contributed by atoms with E-state index >= 15 is 0 Å². The highest BCUT2D eigenvalue weighted by Crippen LogP contribution is 2.33. The molecule has 1 aliphatic carbocycles. The van der Waals surface area contributed by atoms with Gasteiger partial charge in [-0.1, -0.05) is 26.2 Å². The molecule has 0 unspecified atom stereocenters. The van der Waals surface area contributed by atoms with Crippen LogP contribution in [0.2, 0.25) is 0 Å². The Hall–Kier alpha value is -0.640. The molecule has 4 heteroatoms. The molecule has 1 aromatic heterocycles. The highest BCUT2D eigenvalue weighted by Gasteiger charge is 2.27. The zero-order valence-corrected chi connectivity index (χ0v) is 15.1. The molecule has 21 heavy (non-hydrogen) atoms. The van der Waals surface area contributed by atoms with Crippen molar-refractivity contribution in [1.82, 2.24) is 9.78 Å². The molecule has 1 fully saturated rings. The van der Waals surface area contributed by atoms with E-state index in [0.717, 1.165) is 34.6 Å². The van der Waals surface area contributed by atoms with Crippen molar-refractivity contribution in [3.63, 3.8) is 0 Å². The van der Waals surface area contributed by atoms with Crippen LogP contribution in [0.4, 0.5) is 0 Å². The van der Waals surface area contributed by atoms with E-state index in [4.69, 9.17) is 0 Å². The number of nitrogens with zero attached hydrogens (tertiary/aromatic N) is 2. The number of carbonyl (C=O) groups excluding carboxylic acids is 1. The first-order valence-electron chi connectivity index (χ1n) is 8.23. The molecule has 0 saturated heterocycles. The van der Waals surface area contributed by atoms with Crippen molar-refractivity contribution in [2.24, 2.45) is 18.9 Å². The summed E-state index contributed by atoms with van der Waals surface area (Å²) in [4.78, 5) is 12.5. The van der Waals surface area contributed by atoms with E-state index in [0.29, 0.717) is 12.2 Å². The predicted molar refractivity (Wildman–Crippen MR) is 89.3 cm³/mol. The van der Waals surface area contributed by atoms with Gasteiger partial charge in [0.05, 0.1) is 15.9 Å². The normalized spacial score (nSPS) is 22.5. The van der Waals surface area contributed by atoms with Crippen LogP contribution in [0.1, 0.15) is 63.3 Å². The third kappa shape index (κ3) is 4.18. The van der Waals surface area contributed by atoms with Crippen LogP contribution >= 0.6 is 15.9 Å². The van der Waals surface area contributed by atoms with Crippen molar-refractivity contribution >= 4 is 21.7 Å². The second-order valence-electron chi connectivity index (χ2n) is 6.47. The molecule has 2 rings (SSSR count). The van der Waals surface area contributed by atoms with E-state index in [2.05, 4.69) is 28.0 Å². The lowest BCUT2D eigenvalue weighted by Crippen LogP contribution is -2.24. The molecule has 0 N–H and O–H groups in total. The van der Waals surface area contributed by atoms with Gasteiger partial charge in [0, 0.05) is 19.4 Å². The van der Waals surface area contributed by atoms with Crippen molar-refractivity contribution in [1.29, 1.82) is 0 Å². The number of aryl methyl sites for hydroxylation is 2. The summed E-state index contributed by atoms with van der Waals surface area (Å²) >= 11 is 3.56. The summed E-state index contributed by atoms with van der Waals surface area (Å²) in [6.07, 6.45) is 9.14. The van der Waals surface area contributed by atoms with Gasteiger partial charge in [0.1, 0.15) is 5.78 Å². The van der Waals surface area contributed by atoms with E-state index in [1.165, 1.54) is 32.1 Å². The third-order valence-electron chi connectivity index (χ3n) is 4.87. The molecule has 1 aromatic rings. The van der Waals surface area contributed by atoms with E-state index in [9.17, 15) is 4.79 Å². The molecule has 1 saturated carbocycles. The first-order chi connectivity index (χ1) is 10.0. The Bertz CT molecular complexity index is 487. The standard InChI is InChI=1S/C17H27BrN2O/c1-4-5-6-13-7-9-14(10-8-13)16(21)11-15-17(18)12(2)19-20(15)3/h13-14H,4-11H2,1-3H3. The summed E-state index contributed by atoms with van der Waals surface area (Å²) < 4.78 is 2.83. The van der Waals surface area contributed by atoms with Gasteiger partial charge in [0.2, 0.25) is 0 Å². The molecular formula is C17H27BrN2O. The average molecular weight is 355 g/mol. The average Bonchev–Trinajstić information content (AvgIpc) is 2.72. The summed E-state index contributed by atoms with van der Waals surface area (Å²) in [6, 6.07) is 0. The van der Waals surface area contributed by atoms with E-state index in [1.807, 2.05) is 18.7 Å². The quantitative estimate of drug-likeness (QED) is 0.748. The lowest BCUT2D eigenvalue weighted by molar-refractivity contribution is -0.123. The maximum Gasteiger partial charge on any atom is 0.141 e. The van der Waals surface area contributed by atoms with Crippen LogP contribution in [-0.2, 0) is 18.3 Å². The molecule has 0 radical (unpaired) electrons. The second kappa shape index (κ2) is 7.57. The molecule has 118 valence electrons. The monoisotopic (exact) mass is 354 g/mol. The first-order valence-corrected chi connectivity index (χ1v) is 9.02. The Balaban J connectivity index is 1.88. The topological polar surface area (TPSA) is 34.9 Å². The Morgan fingerprint density at radius 3 is 2.52 bits per heavy atom. The van der Waals surface area contributed by atoms with Crippen LogP contribution in [0.3, 0.4) is 0 Å². The molecule has 1 heterocycles. The van der Waals surface area contributed by atoms with Crippen LogP contribution < -0.4 is 0 Å². The van der Waals surface area contributed by atoms with Crippen LogP contribution in [0.25, 0.3) is 0 Å². The smallest absolute Gasteiger partial charge is 0.141 e. The van der Waals surface area contributed by atoms with Gasteiger partial charge in [-0.15, -0.1) is 0 Å². The number of hydrogen-bond acceptors (Lipinski definition) is 2. The maximum absolute atomic E-state index is 12.5. The van der Waals surface area contributed by atoms with Gasteiger partial charge in [-0.3, -0.25) is 9.48 Å². The molecule has 0 atom stereocenters. The molecule has 0 amide bonds. The molecule has 1 aliphatic rings. The van der Waals surface area contributed by atoms with Crippen LogP contribution in [0, 0.1) is 18.8 Å². The van der Waals surface area contributed by atoms with Crippen molar-refractivity contribution in [2.45, 2.75) is 65.2 Å². The van der Waals surface area contributed by atoms with Crippen molar-refractivity contribution in [2.75, 3.05) is 0 Å². The van der Waals surface area contributed by atoms with E-state index < -0.39 is 0 Å². The summed E-state index contributed by atoms with van der Waals surface area (Å²) in [7, 11) is 1.92. The largest absolute Gasteiger partial charge is 0.299 e. The van der Waals surface area contributed by atoms with Crippen molar-refractivity contribution in [3.05, 3.63) is 15.9 Å². The zero-order chi connectivity index (χ0) is 15.4. The Morgan fingerprint density at radius 2 is 2.00 bits per heavy atom. The predicted octanol–water partition coefficient (Wildman–Crippen LogP) is 4.60. The molecule has 0 bridgehead atoms. The summed E-state index contributed by atoms with van der Waals surface area (Å²) in [5.41, 5.74) is 1.98. The van der Waals surface area contributed by atoms with Gasteiger partial charge < -0.3 is 0 Å². The number of aromatic nitrogens is 2. The number of halogens is 1. The van der Waals surface area contributed by atoms with Gasteiger partial charge in [0.25, 0.3) is 0 Å². The molecular weight excluding hydrogens is 328 g/mol. The lowest BCUT2D eigenvalue weighted by Gasteiger charge is -2.27. The minimum absolute atomic E-state index is 0.269. The van der Waals surface area contributed by atoms with Gasteiger partial charge in [0.15, 0.2) is 0 Å². The SMILES string of the molecule is CCCCC1CCC(C(=O)Cc2c(Br)c(C)nn2C)CC1. The van der Waals surface area contributed by atoms with Crippen molar-refractivity contribution in [3.8, 4) is 0 Å². The van der Waals surface area contributed by atoms with Gasteiger partial charge in [-0.25, -0.2) is 0 Å². The highest BCUT2D eigenvalue weighted by atomic mass is 79.9. The summed E-state index contributed by atoms with van der Waals surface area (Å²) in [5, 5.41) is 4.37. The number of ketones is 1. The van der Waals surface area contributed by atoms with Gasteiger partial charge >= 0.3 is 0 Å². The van der Waals surface area contributed by atoms with Crippen LogP contribution in [0.15, 0.2) is 4.47 Å². The van der Waals surface area contributed by atoms with Crippen LogP contribution in [0.5, 0.6) is 0 Å². The first kappa shape index (κ1) is 16.7. The number of carbonyl (C=O) groups is 1. The van der Waals surface area contributed by atoms with E-state index in [1.54, 1.807) is 0 Å². The molecule has 0 aliphatic heterocycles. The summed E-state index contributed by atoms with van der Waals surface area (Å²) in [5.74, 6) is 1.53. The number of rotatable bonds is 6. The molecule has 0 spiro atoms. The van der Waals surface area contributed by atoms with Crippen LogP contribution in [-0.4, -0.2) is 15.6 Å². The molecule has 0 aromatic carbocycles. The summed E-state index contributed by atoms with van der Waals surface area (Å²) in [6.45, 7) is 4.22. The van der Waals surface area contributed by atoms with Gasteiger partial charge in [-0.05, 0) is 54.5 Å². The Labute approximate surface area is 136 Å². The third-order valence-corrected chi connectivity index (χ3v) is 5.90. The number of Topliss-reactive ketones (excluding diaryl/α,β-unsaturated/α-hetero) is 1. The number of hydrogen-bond donors (Lipinski definition) is 0. The fourth-order valence-electron chi connectivity index (χ4n) is 3.45. The minimum atomic E-state index is 0.269. The highest BCUT2D eigenvalue weighted by molar-refractivity contribution is 9.10. The maximum atomic E-state index is 12.5.